The second kappa shape index (κ2) is 5.60. The van der Waals surface area contributed by atoms with Crippen LogP contribution in [0.1, 0.15) is 18.6 Å². The Bertz CT molecular complexity index is 412. The van der Waals surface area contributed by atoms with Gasteiger partial charge in [0, 0.05) is 24.7 Å². The van der Waals surface area contributed by atoms with Crippen molar-refractivity contribution in [1.82, 2.24) is 5.32 Å². The Morgan fingerprint density at radius 3 is 2.76 bits per heavy atom. The second-order valence-corrected chi connectivity index (χ2v) is 3.73. The van der Waals surface area contributed by atoms with Gasteiger partial charge < -0.3 is 21.3 Å². The Morgan fingerprint density at radius 1 is 1.53 bits per heavy atom. The van der Waals surface area contributed by atoms with Crippen molar-refractivity contribution in [3.8, 4) is 0 Å². The number of benzene rings is 1. The molecule has 0 fully saturated rings. The van der Waals surface area contributed by atoms with Crippen molar-refractivity contribution >= 4 is 11.6 Å². The molecule has 0 spiro atoms. The highest BCUT2D eigenvalue weighted by Gasteiger charge is 2.21. The number of hydrogen-bond acceptors (Lipinski definition) is 4. The van der Waals surface area contributed by atoms with Gasteiger partial charge in [-0.1, -0.05) is 0 Å². The first-order chi connectivity index (χ1) is 7.91. The molecule has 17 heavy (non-hydrogen) atoms. The zero-order valence-corrected chi connectivity index (χ0v) is 9.35. The van der Waals surface area contributed by atoms with Gasteiger partial charge in [-0.25, -0.2) is 4.39 Å². The monoisotopic (exact) mass is 242 g/mol. The fourth-order valence-corrected chi connectivity index (χ4v) is 1.36. The Hall–Kier alpha value is -1.66. The van der Waals surface area contributed by atoms with Crippen molar-refractivity contribution in [2.75, 3.05) is 12.3 Å². The van der Waals surface area contributed by atoms with Crippen LogP contribution in [0.4, 0.5) is 10.1 Å². The molecule has 0 aromatic heterocycles. The smallest absolute Gasteiger partial charge is 0.216 e. The van der Waals surface area contributed by atoms with Gasteiger partial charge in [-0.3, -0.25) is 4.79 Å². The summed E-state index contributed by atoms with van der Waals surface area (Å²) < 4.78 is 13.4. The van der Waals surface area contributed by atoms with E-state index in [1.165, 1.54) is 19.1 Å². The highest BCUT2D eigenvalue weighted by molar-refractivity contribution is 5.72. The first kappa shape index (κ1) is 13.4. The topological polar surface area (TPSA) is 95.6 Å². The number of anilines is 1. The zero-order valence-electron chi connectivity index (χ0n) is 9.35. The minimum atomic E-state index is -1.44. The number of aliphatic hydroxyl groups is 2. The first-order valence-corrected chi connectivity index (χ1v) is 5.07. The van der Waals surface area contributed by atoms with Crippen molar-refractivity contribution in [2.45, 2.75) is 19.1 Å². The van der Waals surface area contributed by atoms with E-state index < -0.39 is 18.0 Å². The van der Waals surface area contributed by atoms with Crippen molar-refractivity contribution < 1.29 is 19.4 Å². The Morgan fingerprint density at radius 2 is 2.18 bits per heavy atom. The molecule has 1 rings (SSSR count). The molecule has 2 unspecified atom stereocenters. The molecule has 0 aliphatic rings. The Kier molecular flexibility index (Phi) is 4.42. The van der Waals surface area contributed by atoms with Crippen LogP contribution in [-0.4, -0.2) is 28.8 Å². The van der Waals surface area contributed by atoms with Crippen LogP contribution in [0.3, 0.4) is 0 Å². The van der Waals surface area contributed by atoms with Crippen LogP contribution in [-0.2, 0) is 4.79 Å². The average Bonchev–Trinajstić information content (AvgIpc) is 2.28. The maximum atomic E-state index is 13.4. The van der Waals surface area contributed by atoms with Crippen LogP contribution >= 0.6 is 0 Å². The average molecular weight is 242 g/mol. The third kappa shape index (κ3) is 3.69. The molecule has 5 N–H and O–H groups in total. The standard InChI is InChI=1S/C11H15FN2O3/c1-6(15)14-5-10(16)11(17)8-4-7(13)2-3-9(8)12/h2-4,10-11,16-17H,5,13H2,1H3,(H,14,15). The van der Waals surface area contributed by atoms with Crippen LogP contribution in [0.25, 0.3) is 0 Å². The van der Waals surface area contributed by atoms with Crippen LogP contribution in [0.15, 0.2) is 18.2 Å². The molecule has 0 saturated heterocycles. The minimum absolute atomic E-state index is 0.0946. The summed E-state index contributed by atoms with van der Waals surface area (Å²) in [7, 11) is 0. The third-order valence-corrected chi connectivity index (χ3v) is 2.26. The molecule has 0 bridgehead atoms. The Labute approximate surface area is 98.1 Å². The van der Waals surface area contributed by atoms with Crippen LogP contribution < -0.4 is 11.1 Å². The zero-order chi connectivity index (χ0) is 13.0. The quantitative estimate of drug-likeness (QED) is 0.556. The molecule has 1 aromatic carbocycles. The molecule has 0 radical (unpaired) electrons. The molecule has 0 saturated carbocycles. The van der Waals surface area contributed by atoms with Crippen LogP contribution in [0.5, 0.6) is 0 Å². The molecule has 5 nitrogen and oxygen atoms in total. The summed E-state index contributed by atoms with van der Waals surface area (Å²) in [5.41, 5.74) is 5.65. The predicted molar refractivity (Wildman–Crippen MR) is 60.5 cm³/mol. The summed E-state index contributed by atoms with van der Waals surface area (Å²) in [5, 5.41) is 21.6. The predicted octanol–water partition coefficient (Wildman–Crippen LogP) is -0.0617. The highest BCUT2D eigenvalue weighted by atomic mass is 19.1. The SMILES string of the molecule is CC(=O)NCC(O)C(O)c1cc(N)ccc1F. The first-order valence-electron chi connectivity index (χ1n) is 5.07. The lowest BCUT2D eigenvalue weighted by Crippen LogP contribution is -2.34. The minimum Gasteiger partial charge on any atom is -0.399 e. The summed E-state index contributed by atoms with van der Waals surface area (Å²) in [5.74, 6) is -1.00. The van der Waals surface area contributed by atoms with E-state index in [2.05, 4.69) is 5.32 Å². The summed E-state index contributed by atoms with van der Waals surface area (Å²) in [6.07, 6.45) is -2.74. The number of nitrogen functional groups attached to an aromatic ring is 1. The van der Waals surface area contributed by atoms with Crippen molar-refractivity contribution in [3.05, 3.63) is 29.6 Å². The molecule has 6 heteroatoms. The number of halogens is 1. The number of hydrogen-bond donors (Lipinski definition) is 4. The van der Waals surface area contributed by atoms with E-state index >= 15 is 0 Å². The molecule has 0 aliphatic carbocycles. The van der Waals surface area contributed by atoms with E-state index in [-0.39, 0.29) is 23.7 Å². The van der Waals surface area contributed by atoms with Gasteiger partial charge in [0.1, 0.15) is 18.0 Å². The fraction of sp³-hybridized carbons (Fsp3) is 0.364. The largest absolute Gasteiger partial charge is 0.399 e. The van der Waals surface area contributed by atoms with Gasteiger partial charge in [-0.15, -0.1) is 0 Å². The number of carbonyl (C=O) groups excluding carboxylic acids is 1. The van der Waals surface area contributed by atoms with E-state index in [1.807, 2.05) is 0 Å². The summed E-state index contributed by atoms with van der Waals surface area (Å²) in [4.78, 5) is 10.6. The second-order valence-electron chi connectivity index (χ2n) is 3.73. The molecule has 94 valence electrons. The highest BCUT2D eigenvalue weighted by Crippen LogP contribution is 2.22. The summed E-state index contributed by atoms with van der Waals surface area (Å²) >= 11 is 0. The molecular formula is C11H15FN2O3. The summed E-state index contributed by atoms with van der Waals surface area (Å²) in [6.45, 7) is 1.12. The van der Waals surface area contributed by atoms with Crippen molar-refractivity contribution in [1.29, 1.82) is 0 Å². The molecule has 1 aromatic rings. The molecule has 0 aliphatic heterocycles. The van der Waals surface area contributed by atoms with Gasteiger partial charge in [0.15, 0.2) is 0 Å². The number of carbonyl (C=O) groups is 1. The van der Waals surface area contributed by atoms with Crippen molar-refractivity contribution in [3.63, 3.8) is 0 Å². The van der Waals surface area contributed by atoms with Crippen molar-refractivity contribution in [2.24, 2.45) is 0 Å². The van der Waals surface area contributed by atoms with Crippen LogP contribution in [0.2, 0.25) is 0 Å². The van der Waals surface area contributed by atoms with E-state index in [0.29, 0.717) is 0 Å². The van der Waals surface area contributed by atoms with Gasteiger partial charge in [0.25, 0.3) is 0 Å². The fourth-order valence-electron chi connectivity index (χ4n) is 1.36. The summed E-state index contributed by atoms with van der Waals surface area (Å²) in [6, 6.07) is 3.71. The van der Waals surface area contributed by atoms with E-state index in [9.17, 15) is 19.4 Å². The normalized spacial score (nSPS) is 14.1. The number of amides is 1. The lowest BCUT2D eigenvalue weighted by atomic mass is 10.0. The molecular weight excluding hydrogens is 227 g/mol. The van der Waals surface area contributed by atoms with E-state index in [1.54, 1.807) is 0 Å². The number of aliphatic hydroxyl groups excluding tert-OH is 2. The van der Waals surface area contributed by atoms with Gasteiger partial charge in [-0.05, 0) is 18.2 Å². The lowest BCUT2D eigenvalue weighted by Gasteiger charge is -2.19. The number of nitrogens with one attached hydrogen (secondary N) is 1. The third-order valence-electron chi connectivity index (χ3n) is 2.26. The number of rotatable bonds is 4. The van der Waals surface area contributed by atoms with Gasteiger partial charge in [-0.2, -0.15) is 0 Å². The molecule has 0 heterocycles. The maximum absolute atomic E-state index is 13.4. The van der Waals surface area contributed by atoms with E-state index in [0.717, 1.165) is 6.07 Å². The van der Waals surface area contributed by atoms with Gasteiger partial charge in [0.05, 0.1) is 0 Å². The molecule has 2 atom stereocenters. The van der Waals surface area contributed by atoms with Gasteiger partial charge >= 0.3 is 0 Å². The Balaban J connectivity index is 2.77. The maximum Gasteiger partial charge on any atom is 0.216 e. The molecule has 1 amide bonds. The van der Waals surface area contributed by atoms with E-state index in [4.69, 9.17) is 5.73 Å². The van der Waals surface area contributed by atoms with Gasteiger partial charge in [0.2, 0.25) is 5.91 Å². The number of nitrogens with two attached hydrogens (primary N) is 1. The lowest BCUT2D eigenvalue weighted by molar-refractivity contribution is -0.119. The van der Waals surface area contributed by atoms with Crippen LogP contribution in [0, 0.1) is 5.82 Å².